The Bertz CT molecular complexity index is 307. The van der Waals surface area contributed by atoms with Crippen molar-refractivity contribution in [2.24, 2.45) is 0 Å². The summed E-state index contributed by atoms with van der Waals surface area (Å²) >= 11 is 0. The van der Waals surface area contributed by atoms with Gasteiger partial charge in [0.05, 0.1) is 0 Å². The first kappa shape index (κ1) is 11.3. The van der Waals surface area contributed by atoms with Crippen LogP contribution in [0.15, 0.2) is 0 Å². The molecule has 0 aliphatic carbocycles. The minimum atomic E-state index is -1.75. The predicted octanol–water partition coefficient (Wildman–Crippen LogP) is 5.55. The summed E-state index contributed by atoms with van der Waals surface area (Å²) in [4.78, 5) is 10.3. The molecule has 0 spiro atoms. The monoisotopic (exact) mass is 260 g/mol. The number of carboxylic acid groups (broad SMARTS) is 1. The summed E-state index contributed by atoms with van der Waals surface area (Å²) < 4.78 is 31.7. The lowest BCUT2D eigenvalue weighted by Crippen LogP contribution is -1.93. The third kappa shape index (κ3) is 15.5. The zero-order valence-corrected chi connectivity index (χ0v) is 11.8. The number of hydrogen-bond donors (Lipinski definition) is 1. The van der Waals surface area contributed by atoms with Crippen LogP contribution in [-0.2, 0) is 4.79 Å². The molecule has 0 aromatic heterocycles. The van der Waals surface area contributed by atoms with E-state index in [0.29, 0.717) is 12.8 Å². The van der Waals surface area contributed by atoms with E-state index in [1.54, 1.807) is 0 Å². The van der Waals surface area contributed by atoms with Gasteiger partial charge in [-0.3, -0.25) is 4.79 Å². The van der Waals surface area contributed by atoms with E-state index in [4.69, 9.17) is 10.6 Å². The van der Waals surface area contributed by atoms with Crippen molar-refractivity contribution in [3.63, 3.8) is 0 Å². The van der Waals surface area contributed by atoms with Gasteiger partial charge in [0.15, 0.2) is 0 Å². The van der Waals surface area contributed by atoms with Gasteiger partial charge in [-0.1, -0.05) is 83.9 Å². The summed E-state index contributed by atoms with van der Waals surface area (Å²) in [6.45, 7) is 1.99. The van der Waals surface area contributed by atoms with Crippen molar-refractivity contribution in [1.82, 2.24) is 0 Å². The van der Waals surface area contributed by atoms with Gasteiger partial charge in [-0.25, -0.2) is 0 Å². The molecule has 1 N–H and O–H groups in total. The second kappa shape index (κ2) is 14.5. The second-order valence-electron chi connectivity index (χ2n) is 4.83. The molecule has 0 aliphatic heterocycles. The number of carbonyl (C=O) groups is 1. The van der Waals surface area contributed by atoms with Crippen molar-refractivity contribution in [1.29, 1.82) is 0 Å². The maximum atomic E-state index is 10.3. The van der Waals surface area contributed by atoms with Crippen LogP contribution < -0.4 is 0 Å². The van der Waals surface area contributed by atoms with Crippen molar-refractivity contribution in [3.05, 3.63) is 0 Å². The lowest BCUT2D eigenvalue weighted by atomic mass is 10.0. The van der Waals surface area contributed by atoms with Gasteiger partial charge < -0.3 is 5.11 Å². The number of rotatable bonds is 14. The van der Waals surface area contributed by atoms with Crippen LogP contribution in [0.2, 0.25) is 0 Å². The van der Waals surface area contributed by atoms with Crippen molar-refractivity contribution in [2.75, 3.05) is 0 Å². The van der Waals surface area contributed by atoms with E-state index in [-0.39, 0.29) is 12.8 Å². The Morgan fingerprint density at radius 1 is 0.833 bits per heavy atom. The minimum absolute atomic E-state index is 0.243. The van der Waals surface area contributed by atoms with Gasteiger partial charge in [0, 0.05) is 11.9 Å². The summed E-state index contributed by atoms with van der Waals surface area (Å²) in [6.07, 6.45) is 5.34. The Kier molecular flexibility index (Phi) is 9.13. The molecule has 0 saturated heterocycles. The van der Waals surface area contributed by atoms with Gasteiger partial charge in [0.25, 0.3) is 0 Å². The zero-order valence-electron chi connectivity index (χ0n) is 15.8. The highest BCUT2D eigenvalue weighted by atomic mass is 16.4. The first-order valence-corrected chi connectivity index (χ1v) is 7.45. The minimum Gasteiger partial charge on any atom is -0.481 e. The Labute approximate surface area is 119 Å². The van der Waals surface area contributed by atoms with Gasteiger partial charge in [-0.15, -0.1) is 0 Å². The third-order valence-electron chi connectivity index (χ3n) is 2.97. The smallest absolute Gasteiger partial charge is 0.303 e. The van der Waals surface area contributed by atoms with E-state index < -0.39 is 18.7 Å². The molecule has 2 nitrogen and oxygen atoms in total. The molecule has 0 atom stereocenters. The Balaban J connectivity index is 3.70. The van der Waals surface area contributed by atoms with Crippen molar-refractivity contribution in [2.45, 2.75) is 96.7 Å². The second-order valence-corrected chi connectivity index (χ2v) is 4.83. The van der Waals surface area contributed by atoms with E-state index in [1.165, 1.54) is 0 Å². The lowest BCUT2D eigenvalue weighted by Gasteiger charge is -2.02. The van der Waals surface area contributed by atoms with Gasteiger partial charge in [-0.2, -0.15) is 0 Å². The lowest BCUT2D eigenvalue weighted by molar-refractivity contribution is -0.137. The molecule has 0 unspecified atom stereocenters. The van der Waals surface area contributed by atoms with E-state index in [2.05, 4.69) is 0 Å². The first-order chi connectivity index (χ1) is 10.2. The average Bonchev–Trinajstić information content (AvgIpc) is 2.42. The van der Waals surface area contributed by atoms with Crippen LogP contribution in [0.4, 0.5) is 0 Å². The quantitative estimate of drug-likeness (QED) is 0.416. The van der Waals surface area contributed by atoms with Crippen LogP contribution in [0, 0.1) is 0 Å². The molecule has 0 aliphatic rings. The Morgan fingerprint density at radius 2 is 1.28 bits per heavy atom. The number of hydrogen-bond acceptors (Lipinski definition) is 1. The normalized spacial score (nSPS) is 15.6. The zero-order chi connectivity index (χ0) is 17.1. The largest absolute Gasteiger partial charge is 0.481 e. The molecule has 0 aromatic carbocycles. The van der Waals surface area contributed by atoms with Crippen molar-refractivity contribution < 1.29 is 15.4 Å². The maximum absolute atomic E-state index is 10.3. The molecule has 0 aromatic rings. The summed E-state index contributed by atoms with van der Waals surface area (Å²) in [6, 6.07) is 0. The van der Waals surface area contributed by atoms with E-state index >= 15 is 0 Å². The summed E-state index contributed by atoms with van der Waals surface area (Å²) in [7, 11) is 0. The standard InChI is InChI=1S/C16H32O2/c1-2-3-4-5-6-7-8-9-10-11-12-13-14-15-16(17)18/h2-15H2,1H3,(H,17,18)/i5D2,6D2. The molecular formula is C16H32O2. The molecule has 0 heterocycles. The highest BCUT2D eigenvalue weighted by molar-refractivity contribution is 5.66. The van der Waals surface area contributed by atoms with Gasteiger partial charge in [0.2, 0.25) is 0 Å². The molecule has 0 saturated carbocycles. The van der Waals surface area contributed by atoms with Gasteiger partial charge in [0.1, 0.15) is 0 Å². The molecule has 0 bridgehead atoms. The third-order valence-corrected chi connectivity index (χ3v) is 2.97. The number of carboxylic acids is 1. The molecule has 0 radical (unpaired) electrons. The van der Waals surface area contributed by atoms with Crippen LogP contribution in [0.25, 0.3) is 0 Å². The van der Waals surface area contributed by atoms with Crippen molar-refractivity contribution in [3.8, 4) is 0 Å². The SMILES string of the molecule is [2H]C([2H])(CCCC)C([2H])([2H])CCCCCCCCCC(=O)O. The van der Waals surface area contributed by atoms with E-state index in [9.17, 15) is 4.79 Å². The first-order valence-electron chi connectivity index (χ1n) is 9.45. The van der Waals surface area contributed by atoms with Crippen molar-refractivity contribution >= 4 is 5.97 Å². The fraction of sp³-hybridized carbons (Fsp3) is 0.938. The van der Waals surface area contributed by atoms with Crippen LogP contribution in [-0.4, -0.2) is 11.1 Å². The van der Waals surface area contributed by atoms with Crippen LogP contribution in [0.1, 0.15) is 102 Å². The fourth-order valence-electron chi connectivity index (χ4n) is 1.82. The summed E-state index contributed by atoms with van der Waals surface area (Å²) in [5.74, 6) is -0.737. The molecule has 108 valence electrons. The maximum Gasteiger partial charge on any atom is 0.303 e. The summed E-state index contributed by atoms with van der Waals surface area (Å²) in [5, 5.41) is 8.52. The average molecular weight is 260 g/mol. The van der Waals surface area contributed by atoms with Gasteiger partial charge >= 0.3 is 5.97 Å². The number of aliphatic carboxylic acids is 1. The van der Waals surface area contributed by atoms with Gasteiger partial charge in [-0.05, 0) is 6.42 Å². The Morgan fingerprint density at radius 3 is 1.78 bits per heavy atom. The topological polar surface area (TPSA) is 37.3 Å². The van der Waals surface area contributed by atoms with E-state index in [1.807, 2.05) is 6.92 Å². The Hall–Kier alpha value is -0.530. The highest BCUT2D eigenvalue weighted by Crippen LogP contribution is 2.12. The van der Waals surface area contributed by atoms with Crippen LogP contribution >= 0.6 is 0 Å². The molecular weight excluding hydrogens is 224 g/mol. The van der Waals surface area contributed by atoms with E-state index in [0.717, 1.165) is 51.4 Å². The predicted molar refractivity (Wildman–Crippen MR) is 77.9 cm³/mol. The van der Waals surface area contributed by atoms with Crippen LogP contribution in [0.3, 0.4) is 0 Å². The fourth-order valence-corrected chi connectivity index (χ4v) is 1.82. The van der Waals surface area contributed by atoms with Crippen LogP contribution in [0.5, 0.6) is 0 Å². The molecule has 0 amide bonds. The molecule has 18 heavy (non-hydrogen) atoms. The number of unbranched alkanes of at least 4 members (excludes halogenated alkanes) is 7. The molecule has 0 fully saturated rings. The highest BCUT2D eigenvalue weighted by Gasteiger charge is 1.96. The molecule has 0 rings (SSSR count). The molecule has 2 heteroatoms. The summed E-state index contributed by atoms with van der Waals surface area (Å²) in [5.41, 5.74) is 0.